The maximum Gasteiger partial charge on any atom is 0.573 e. The van der Waals surface area contributed by atoms with Crippen LogP contribution in [0.25, 0.3) is 0 Å². The van der Waals surface area contributed by atoms with Crippen LogP contribution in [0, 0.1) is 0 Å². The first-order valence-corrected chi connectivity index (χ1v) is 3.99. The molecule has 0 unspecified atom stereocenters. The molecule has 0 bridgehead atoms. The Labute approximate surface area is 86.8 Å². The van der Waals surface area contributed by atoms with Crippen molar-refractivity contribution in [1.29, 1.82) is 0 Å². The molecule has 0 spiro atoms. The van der Waals surface area contributed by atoms with Gasteiger partial charge < -0.3 is 14.5 Å². The van der Waals surface area contributed by atoms with Gasteiger partial charge in [-0.25, -0.2) is 4.39 Å². The minimum Gasteiger partial charge on any atom is -0.491 e. The Morgan fingerprint density at radius 3 is 2.44 bits per heavy atom. The molecule has 1 heterocycles. The zero-order valence-corrected chi connectivity index (χ0v) is 8.02. The first-order valence-electron chi connectivity index (χ1n) is 3.99. The number of aromatic amines is 1. The number of pyridine rings is 1. The van der Waals surface area contributed by atoms with Gasteiger partial charge >= 0.3 is 6.36 Å². The van der Waals surface area contributed by atoms with Gasteiger partial charge in [0.1, 0.15) is 6.67 Å². The molecular formula is C8H7F4NO3. The van der Waals surface area contributed by atoms with Crippen molar-refractivity contribution in [3.63, 3.8) is 0 Å². The Kier molecular flexibility index (Phi) is 3.41. The fourth-order valence-electron chi connectivity index (χ4n) is 0.999. The number of rotatable bonds is 3. The summed E-state index contributed by atoms with van der Waals surface area (Å²) >= 11 is 0. The van der Waals surface area contributed by atoms with E-state index in [4.69, 9.17) is 0 Å². The maximum absolute atomic E-state index is 12.3. The molecule has 16 heavy (non-hydrogen) atoms. The molecular weight excluding hydrogens is 234 g/mol. The number of nitrogens with one attached hydrogen (secondary N) is 1. The summed E-state index contributed by atoms with van der Waals surface area (Å²) in [5, 5.41) is 0. The molecule has 0 amide bonds. The summed E-state index contributed by atoms with van der Waals surface area (Å²) < 4.78 is 56.1. The Hall–Kier alpha value is -1.73. The highest BCUT2D eigenvalue weighted by atomic mass is 19.4. The van der Waals surface area contributed by atoms with Crippen LogP contribution in [0.5, 0.6) is 11.5 Å². The summed E-state index contributed by atoms with van der Waals surface area (Å²) in [7, 11) is 1.09. The van der Waals surface area contributed by atoms with Crippen LogP contribution in [0.3, 0.4) is 0 Å². The summed E-state index contributed by atoms with van der Waals surface area (Å²) in [6.45, 7) is -1.29. The standard InChI is InChI=1S/C8H7F4NO3/c1-15-6-2-5(16-8(10,11)12)4(3-9)13-7(6)14/h2H,3H2,1H3,(H,13,14). The van der Waals surface area contributed by atoms with Crippen LogP contribution in [0.15, 0.2) is 10.9 Å². The lowest BCUT2D eigenvalue weighted by molar-refractivity contribution is -0.275. The van der Waals surface area contributed by atoms with Gasteiger partial charge in [0.15, 0.2) is 11.5 Å². The van der Waals surface area contributed by atoms with Crippen LogP contribution in [0.1, 0.15) is 5.69 Å². The molecule has 0 fully saturated rings. The molecule has 1 N–H and O–H groups in total. The van der Waals surface area contributed by atoms with Crippen molar-refractivity contribution in [1.82, 2.24) is 4.98 Å². The molecule has 0 atom stereocenters. The van der Waals surface area contributed by atoms with Gasteiger partial charge in [0, 0.05) is 6.07 Å². The molecule has 0 aromatic carbocycles. The van der Waals surface area contributed by atoms with Gasteiger partial charge in [0.05, 0.1) is 12.8 Å². The third-order valence-corrected chi connectivity index (χ3v) is 1.63. The van der Waals surface area contributed by atoms with Crippen LogP contribution in [0.4, 0.5) is 17.6 Å². The van der Waals surface area contributed by atoms with E-state index < -0.39 is 35.8 Å². The number of alkyl halides is 4. The maximum atomic E-state index is 12.3. The van der Waals surface area contributed by atoms with Crippen molar-refractivity contribution >= 4 is 0 Å². The van der Waals surface area contributed by atoms with E-state index in [1.807, 2.05) is 4.98 Å². The van der Waals surface area contributed by atoms with Crippen LogP contribution >= 0.6 is 0 Å². The average Bonchev–Trinajstić information content (AvgIpc) is 2.18. The first kappa shape index (κ1) is 12.3. The summed E-state index contributed by atoms with van der Waals surface area (Å²) in [5.41, 5.74) is -1.42. The summed E-state index contributed by atoms with van der Waals surface area (Å²) in [6.07, 6.45) is -4.97. The lowest BCUT2D eigenvalue weighted by Crippen LogP contribution is -2.20. The molecule has 0 aliphatic rings. The fourth-order valence-corrected chi connectivity index (χ4v) is 0.999. The smallest absolute Gasteiger partial charge is 0.491 e. The van der Waals surface area contributed by atoms with E-state index >= 15 is 0 Å². The van der Waals surface area contributed by atoms with E-state index in [1.165, 1.54) is 0 Å². The topological polar surface area (TPSA) is 51.3 Å². The molecule has 1 aromatic heterocycles. The molecule has 0 radical (unpaired) electrons. The molecule has 0 saturated heterocycles. The molecule has 1 rings (SSSR count). The number of ether oxygens (including phenoxy) is 2. The van der Waals surface area contributed by atoms with Gasteiger partial charge in [-0.2, -0.15) is 0 Å². The van der Waals surface area contributed by atoms with E-state index in [0.29, 0.717) is 6.07 Å². The zero-order chi connectivity index (χ0) is 12.3. The van der Waals surface area contributed by atoms with Crippen molar-refractivity contribution < 1.29 is 27.0 Å². The second kappa shape index (κ2) is 4.42. The average molecular weight is 241 g/mol. The molecule has 4 nitrogen and oxygen atoms in total. The van der Waals surface area contributed by atoms with Crippen LogP contribution in [-0.2, 0) is 6.67 Å². The Bertz CT molecular complexity index is 426. The highest BCUT2D eigenvalue weighted by molar-refractivity contribution is 5.34. The number of hydrogen-bond donors (Lipinski definition) is 1. The second-order valence-corrected chi connectivity index (χ2v) is 2.69. The van der Waals surface area contributed by atoms with E-state index in [9.17, 15) is 22.4 Å². The van der Waals surface area contributed by atoms with Gasteiger partial charge in [-0.1, -0.05) is 0 Å². The molecule has 0 aliphatic heterocycles. The van der Waals surface area contributed by atoms with E-state index in [0.717, 1.165) is 7.11 Å². The minimum absolute atomic E-state index is 0.392. The quantitative estimate of drug-likeness (QED) is 0.820. The van der Waals surface area contributed by atoms with Crippen molar-refractivity contribution in [3.05, 3.63) is 22.1 Å². The molecule has 90 valence electrons. The SMILES string of the molecule is COc1cc(OC(F)(F)F)c(CF)[nH]c1=O. The highest BCUT2D eigenvalue weighted by Gasteiger charge is 2.32. The first-order chi connectivity index (χ1) is 7.37. The monoisotopic (exact) mass is 241 g/mol. The summed E-state index contributed by atoms with van der Waals surface area (Å²) in [5.74, 6) is -1.22. The number of hydrogen-bond acceptors (Lipinski definition) is 3. The zero-order valence-electron chi connectivity index (χ0n) is 8.02. The number of methoxy groups -OCH3 is 1. The second-order valence-electron chi connectivity index (χ2n) is 2.69. The van der Waals surface area contributed by atoms with Crippen LogP contribution in [-0.4, -0.2) is 18.5 Å². The van der Waals surface area contributed by atoms with Gasteiger partial charge in [0.25, 0.3) is 5.56 Å². The van der Waals surface area contributed by atoms with Crippen LogP contribution < -0.4 is 15.0 Å². The van der Waals surface area contributed by atoms with Gasteiger partial charge in [0.2, 0.25) is 0 Å². The van der Waals surface area contributed by atoms with Crippen molar-refractivity contribution in [2.45, 2.75) is 13.0 Å². The number of H-pyrrole nitrogens is 1. The molecule has 0 saturated carbocycles. The minimum atomic E-state index is -4.97. The fraction of sp³-hybridized carbons (Fsp3) is 0.375. The van der Waals surface area contributed by atoms with E-state index in [1.54, 1.807) is 0 Å². The van der Waals surface area contributed by atoms with Crippen LogP contribution in [0.2, 0.25) is 0 Å². The van der Waals surface area contributed by atoms with Gasteiger partial charge in [-0.05, 0) is 0 Å². The predicted molar refractivity (Wildman–Crippen MR) is 45.1 cm³/mol. The van der Waals surface area contributed by atoms with E-state index in [-0.39, 0.29) is 0 Å². The summed E-state index contributed by atoms with van der Waals surface area (Å²) in [4.78, 5) is 13.0. The Morgan fingerprint density at radius 2 is 2.00 bits per heavy atom. The van der Waals surface area contributed by atoms with Crippen molar-refractivity contribution in [3.8, 4) is 11.5 Å². The summed E-state index contributed by atoms with van der Waals surface area (Å²) in [6, 6.07) is 0.682. The van der Waals surface area contributed by atoms with Crippen molar-refractivity contribution in [2.75, 3.05) is 7.11 Å². The number of halogens is 4. The largest absolute Gasteiger partial charge is 0.573 e. The number of aromatic nitrogens is 1. The van der Waals surface area contributed by atoms with Gasteiger partial charge in [-0.3, -0.25) is 4.79 Å². The molecule has 0 aliphatic carbocycles. The van der Waals surface area contributed by atoms with Crippen molar-refractivity contribution in [2.24, 2.45) is 0 Å². The highest BCUT2D eigenvalue weighted by Crippen LogP contribution is 2.27. The lowest BCUT2D eigenvalue weighted by Gasteiger charge is -2.12. The lowest BCUT2D eigenvalue weighted by atomic mass is 10.3. The van der Waals surface area contributed by atoms with E-state index in [2.05, 4.69) is 9.47 Å². The normalized spacial score (nSPS) is 11.3. The third-order valence-electron chi connectivity index (χ3n) is 1.63. The Morgan fingerprint density at radius 1 is 1.38 bits per heavy atom. The van der Waals surface area contributed by atoms with Gasteiger partial charge in [-0.15, -0.1) is 13.2 Å². The molecule has 1 aromatic rings. The molecule has 8 heteroatoms. The predicted octanol–water partition coefficient (Wildman–Crippen LogP) is 1.75. The Balaban J connectivity index is 3.20. The third kappa shape index (κ3) is 2.88.